The number of hydrogen-bond donors (Lipinski definition) is 1. The van der Waals surface area contributed by atoms with Crippen molar-refractivity contribution in [3.05, 3.63) is 29.3 Å². The van der Waals surface area contributed by atoms with E-state index < -0.39 is 17.7 Å². The monoisotopic (exact) mass is 255 g/mol. The van der Waals surface area contributed by atoms with Crippen molar-refractivity contribution in [3.8, 4) is 5.75 Å². The van der Waals surface area contributed by atoms with Crippen LogP contribution in [0.15, 0.2) is 12.1 Å². The number of carbonyl (C=O) groups is 1. The van der Waals surface area contributed by atoms with E-state index in [1.54, 1.807) is 6.92 Å². The van der Waals surface area contributed by atoms with Gasteiger partial charge in [-0.2, -0.15) is 0 Å². The molecule has 0 spiro atoms. The van der Waals surface area contributed by atoms with Crippen LogP contribution in [-0.4, -0.2) is 18.6 Å². The number of rotatable bonds is 2. The molecule has 1 fully saturated rings. The molecule has 1 unspecified atom stereocenters. The van der Waals surface area contributed by atoms with Crippen LogP contribution in [0.4, 0.5) is 8.78 Å². The normalized spacial score (nSPS) is 20.2. The molecule has 1 heterocycles. The number of benzene rings is 1. The molecule has 18 heavy (non-hydrogen) atoms. The molecule has 1 aliphatic heterocycles. The highest BCUT2D eigenvalue weighted by atomic mass is 19.2. The molecule has 1 aromatic carbocycles. The molecule has 98 valence electrons. The summed E-state index contributed by atoms with van der Waals surface area (Å²) in [5.74, 6) is -1.86. The Morgan fingerprint density at radius 1 is 1.28 bits per heavy atom. The Kier molecular flexibility index (Phi) is 3.79. The molecule has 3 nitrogen and oxygen atoms in total. The van der Waals surface area contributed by atoms with E-state index in [0.717, 1.165) is 25.0 Å². The van der Waals surface area contributed by atoms with Gasteiger partial charge in [-0.15, -0.1) is 0 Å². The minimum Gasteiger partial charge on any atom is -0.480 e. The maximum atomic E-state index is 13.1. The van der Waals surface area contributed by atoms with E-state index in [-0.39, 0.29) is 11.7 Å². The number of nitrogens with one attached hydrogen (secondary N) is 1. The maximum absolute atomic E-state index is 13.1. The Balaban J connectivity index is 2.17. The van der Waals surface area contributed by atoms with Crippen molar-refractivity contribution in [2.24, 2.45) is 0 Å². The van der Waals surface area contributed by atoms with E-state index in [0.29, 0.717) is 18.5 Å². The van der Waals surface area contributed by atoms with E-state index in [1.807, 2.05) is 0 Å². The molecule has 5 heteroatoms. The maximum Gasteiger partial charge on any atom is 0.261 e. The second-order valence-corrected chi connectivity index (χ2v) is 4.43. The lowest BCUT2D eigenvalue weighted by Gasteiger charge is -2.17. The fourth-order valence-corrected chi connectivity index (χ4v) is 1.93. The van der Waals surface area contributed by atoms with E-state index in [4.69, 9.17) is 4.74 Å². The summed E-state index contributed by atoms with van der Waals surface area (Å²) >= 11 is 0. The number of aryl methyl sites for hydroxylation is 1. The summed E-state index contributed by atoms with van der Waals surface area (Å²) in [6.07, 6.45) is 1.73. The van der Waals surface area contributed by atoms with E-state index in [2.05, 4.69) is 5.32 Å². The molecule has 0 saturated carbocycles. The number of amides is 1. The van der Waals surface area contributed by atoms with Crippen molar-refractivity contribution in [3.63, 3.8) is 0 Å². The largest absolute Gasteiger partial charge is 0.480 e. The molecule has 2 rings (SSSR count). The Morgan fingerprint density at radius 3 is 2.78 bits per heavy atom. The van der Waals surface area contributed by atoms with Gasteiger partial charge in [-0.05, 0) is 37.8 Å². The Labute approximate surface area is 104 Å². The molecule has 0 radical (unpaired) electrons. The van der Waals surface area contributed by atoms with Gasteiger partial charge in [0.2, 0.25) is 0 Å². The van der Waals surface area contributed by atoms with Crippen molar-refractivity contribution in [2.75, 3.05) is 6.54 Å². The van der Waals surface area contributed by atoms with Crippen LogP contribution in [0.25, 0.3) is 0 Å². The van der Waals surface area contributed by atoms with Crippen molar-refractivity contribution in [1.82, 2.24) is 5.32 Å². The summed E-state index contributed by atoms with van der Waals surface area (Å²) in [5.41, 5.74) is 0.478. The SMILES string of the molecule is Cc1cc(F)c(F)cc1OC1CCCCNC1=O. The number of halogens is 2. The Hall–Kier alpha value is -1.65. The van der Waals surface area contributed by atoms with Crippen molar-refractivity contribution >= 4 is 5.91 Å². The van der Waals surface area contributed by atoms with Crippen LogP contribution < -0.4 is 10.1 Å². The summed E-state index contributed by atoms with van der Waals surface area (Å²) in [5, 5.41) is 2.73. The predicted octanol–water partition coefficient (Wildman–Crippen LogP) is 2.32. The number of hydrogen-bond acceptors (Lipinski definition) is 2. The zero-order chi connectivity index (χ0) is 13.1. The smallest absolute Gasteiger partial charge is 0.261 e. The highest BCUT2D eigenvalue weighted by molar-refractivity contribution is 5.81. The van der Waals surface area contributed by atoms with Gasteiger partial charge in [0.1, 0.15) is 5.75 Å². The zero-order valence-electron chi connectivity index (χ0n) is 10.1. The molecule has 0 aromatic heterocycles. The molecule has 1 aromatic rings. The van der Waals surface area contributed by atoms with Crippen LogP contribution in [0.3, 0.4) is 0 Å². The molecule has 1 amide bonds. The van der Waals surface area contributed by atoms with Gasteiger partial charge >= 0.3 is 0 Å². The van der Waals surface area contributed by atoms with Crippen LogP contribution in [0.2, 0.25) is 0 Å². The van der Waals surface area contributed by atoms with Crippen LogP contribution >= 0.6 is 0 Å². The quantitative estimate of drug-likeness (QED) is 0.880. The number of carbonyl (C=O) groups excluding carboxylic acids is 1. The lowest BCUT2D eigenvalue weighted by Crippen LogP contribution is -2.36. The summed E-state index contributed by atoms with van der Waals surface area (Å²) in [6.45, 7) is 2.25. The van der Waals surface area contributed by atoms with Gasteiger partial charge in [0.25, 0.3) is 5.91 Å². The summed E-state index contributed by atoms with van der Waals surface area (Å²) in [4.78, 5) is 11.7. The minimum absolute atomic E-state index is 0.198. The Bertz CT molecular complexity index is 463. The van der Waals surface area contributed by atoms with Crippen molar-refractivity contribution in [1.29, 1.82) is 0 Å². The standard InChI is InChI=1S/C13H15F2NO2/c1-8-6-9(14)10(15)7-12(8)18-11-4-2-3-5-16-13(11)17/h6-7,11H,2-5H2,1H3,(H,16,17). The Morgan fingerprint density at radius 2 is 2.00 bits per heavy atom. The zero-order valence-corrected chi connectivity index (χ0v) is 10.1. The summed E-state index contributed by atoms with van der Waals surface area (Å²) < 4.78 is 31.6. The molecule has 1 N–H and O–H groups in total. The van der Waals surface area contributed by atoms with Crippen LogP contribution in [-0.2, 0) is 4.79 Å². The first-order chi connectivity index (χ1) is 8.58. The first-order valence-corrected chi connectivity index (χ1v) is 5.98. The molecular formula is C13H15F2NO2. The molecule has 1 saturated heterocycles. The van der Waals surface area contributed by atoms with E-state index in [1.165, 1.54) is 0 Å². The third-order valence-electron chi connectivity index (χ3n) is 2.97. The van der Waals surface area contributed by atoms with Gasteiger partial charge in [-0.25, -0.2) is 8.78 Å². The second kappa shape index (κ2) is 5.33. The lowest BCUT2D eigenvalue weighted by molar-refractivity contribution is -0.127. The van der Waals surface area contributed by atoms with Gasteiger partial charge in [0.15, 0.2) is 17.7 Å². The van der Waals surface area contributed by atoms with Gasteiger partial charge in [-0.3, -0.25) is 4.79 Å². The predicted molar refractivity (Wildman–Crippen MR) is 62.4 cm³/mol. The third kappa shape index (κ3) is 2.78. The van der Waals surface area contributed by atoms with E-state index in [9.17, 15) is 13.6 Å². The molecule has 0 bridgehead atoms. The third-order valence-corrected chi connectivity index (χ3v) is 2.97. The van der Waals surface area contributed by atoms with Gasteiger partial charge in [0.05, 0.1) is 0 Å². The van der Waals surface area contributed by atoms with Crippen LogP contribution in [0.1, 0.15) is 24.8 Å². The van der Waals surface area contributed by atoms with E-state index >= 15 is 0 Å². The highest BCUT2D eigenvalue weighted by Crippen LogP contribution is 2.24. The average molecular weight is 255 g/mol. The topological polar surface area (TPSA) is 38.3 Å². The van der Waals surface area contributed by atoms with Crippen LogP contribution in [0.5, 0.6) is 5.75 Å². The first-order valence-electron chi connectivity index (χ1n) is 5.98. The van der Waals surface area contributed by atoms with Gasteiger partial charge in [0, 0.05) is 12.6 Å². The average Bonchev–Trinajstić information content (AvgIpc) is 2.52. The van der Waals surface area contributed by atoms with Crippen LogP contribution in [0, 0.1) is 18.6 Å². The van der Waals surface area contributed by atoms with Gasteiger partial charge in [-0.1, -0.05) is 0 Å². The van der Waals surface area contributed by atoms with Gasteiger partial charge < -0.3 is 10.1 Å². The second-order valence-electron chi connectivity index (χ2n) is 4.43. The molecule has 1 atom stereocenters. The fourth-order valence-electron chi connectivity index (χ4n) is 1.93. The molecular weight excluding hydrogens is 240 g/mol. The fraction of sp³-hybridized carbons (Fsp3) is 0.462. The summed E-state index contributed by atoms with van der Waals surface area (Å²) in [6, 6.07) is 2.06. The minimum atomic E-state index is -0.968. The molecule has 0 aliphatic carbocycles. The highest BCUT2D eigenvalue weighted by Gasteiger charge is 2.23. The number of ether oxygens (including phenoxy) is 1. The first kappa shape index (κ1) is 12.8. The van der Waals surface area contributed by atoms with Crippen molar-refractivity contribution in [2.45, 2.75) is 32.3 Å². The van der Waals surface area contributed by atoms with Crippen molar-refractivity contribution < 1.29 is 18.3 Å². The molecule has 1 aliphatic rings. The summed E-state index contributed by atoms with van der Waals surface area (Å²) in [7, 11) is 0. The lowest BCUT2D eigenvalue weighted by atomic mass is 10.1.